The van der Waals surface area contributed by atoms with E-state index in [0.29, 0.717) is 16.8 Å². The first-order chi connectivity index (χ1) is 11.2. The van der Waals surface area contributed by atoms with Crippen molar-refractivity contribution >= 4 is 23.5 Å². The van der Waals surface area contributed by atoms with Gasteiger partial charge in [-0.25, -0.2) is 4.79 Å². The molecule has 1 aromatic carbocycles. The van der Waals surface area contributed by atoms with Crippen molar-refractivity contribution in [1.82, 2.24) is 15.2 Å². The Kier molecular flexibility index (Phi) is 4.01. The van der Waals surface area contributed by atoms with Crippen LogP contribution in [0.15, 0.2) is 48.8 Å². The van der Waals surface area contributed by atoms with Crippen molar-refractivity contribution in [3.8, 4) is 0 Å². The van der Waals surface area contributed by atoms with Crippen LogP contribution in [0.4, 0.5) is 10.5 Å². The number of rotatable bonds is 4. The van der Waals surface area contributed by atoms with Gasteiger partial charge in [-0.3, -0.25) is 19.5 Å². The number of imide groups is 1. The number of nitrogens with one attached hydrogen (secondary N) is 2. The molecule has 0 spiro atoms. The summed E-state index contributed by atoms with van der Waals surface area (Å²) in [6.45, 7) is 0.282. The van der Waals surface area contributed by atoms with E-state index in [1.54, 1.807) is 42.6 Å². The second-order valence-corrected chi connectivity index (χ2v) is 4.93. The lowest BCUT2D eigenvalue weighted by atomic mass is 10.1. The summed E-state index contributed by atoms with van der Waals surface area (Å²) in [4.78, 5) is 41.0. The second kappa shape index (κ2) is 6.27. The van der Waals surface area contributed by atoms with Gasteiger partial charge in [-0.15, -0.1) is 0 Å². The Labute approximate surface area is 132 Å². The zero-order valence-corrected chi connectivity index (χ0v) is 12.2. The topological polar surface area (TPSA) is 91.4 Å². The summed E-state index contributed by atoms with van der Waals surface area (Å²) >= 11 is 0. The van der Waals surface area contributed by atoms with Crippen molar-refractivity contribution in [3.63, 3.8) is 0 Å². The van der Waals surface area contributed by atoms with Gasteiger partial charge in [0.05, 0.1) is 23.0 Å². The Morgan fingerprint density at radius 2 is 1.74 bits per heavy atom. The summed E-state index contributed by atoms with van der Waals surface area (Å²) in [6, 6.07) is 9.66. The number of nitrogens with zero attached hydrogens (tertiary/aromatic N) is 2. The van der Waals surface area contributed by atoms with Crippen molar-refractivity contribution in [2.45, 2.75) is 0 Å². The molecule has 0 fully saturated rings. The fraction of sp³-hybridized carbons (Fsp3) is 0.125. The number of aromatic nitrogens is 1. The Morgan fingerprint density at radius 1 is 1.04 bits per heavy atom. The maximum absolute atomic E-state index is 12.1. The highest BCUT2D eigenvalue weighted by Gasteiger charge is 2.34. The third-order valence-corrected chi connectivity index (χ3v) is 3.42. The van der Waals surface area contributed by atoms with E-state index < -0.39 is 6.03 Å². The van der Waals surface area contributed by atoms with Gasteiger partial charge in [-0.2, -0.15) is 0 Å². The van der Waals surface area contributed by atoms with Crippen LogP contribution in [0.1, 0.15) is 20.7 Å². The van der Waals surface area contributed by atoms with E-state index in [0.717, 1.165) is 4.90 Å². The SMILES string of the molecule is O=C(NCCN1C(=O)c2ccccc2C1=O)Nc1cccnc1. The quantitative estimate of drug-likeness (QED) is 0.837. The molecule has 0 bridgehead atoms. The van der Waals surface area contributed by atoms with Crippen molar-refractivity contribution < 1.29 is 14.4 Å². The van der Waals surface area contributed by atoms with Gasteiger partial charge in [-0.1, -0.05) is 12.1 Å². The standard InChI is InChI=1S/C16H14N4O3/c21-14-12-5-1-2-6-13(12)15(22)20(14)9-8-18-16(23)19-11-4-3-7-17-10-11/h1-7,10H,8-9H2,(H2,18,19,23). The summed E-state index contributed by atoms with van der Waals surface area (Å²) in [6.07, 6.45) is 3.12. The number of benzene rings is 1. The molecule has 2 aromatic rings. The minimum atomic E-state index is -0.422. The fourth-order valence-electron chi connectivity index (χ4n) is 2.34. The van der Waals surface area contributed by atoms with Crippen LogP contribution in [0, 0.1) is 0 Å². The van der Waals surface area contributed by atoms with Crippen molar-refractivity contribution in [1.29, 1.82) is 0 Å². The molecule has 1 aliphatic rings. The number of carbonyl (C=O) groups is 3. The van der Waals surface area contributed by atoms with Gasteiger partial charge >= 0.3 is 6.03 Å². The van der Waals surface area contributed by atoms with Crippen LogP contribution < -0.4 is 10.6 Å². The molecule has 7 nitrogen and oxygen atoms in total. The van der Waals surface area contributed by atoms with E-state index in [1.165, 1.54) is 6.20 Å². The molecule has 4 amide bonds. The lowest BCUT2D eigenvalue weighted by Crippen LogP contribution is -2.39. The first-order valence-corrected chi connectivity index (χ1v) is 7.07. The van der Waals surface area contributed by atoms with Crippen LogP contribution in [0.2, 0.25) is 0 Å². The molecule has 2 heterocycles. The number of fused-ring (bicyclic) bond motifs is 1. The number of urea groups is 1. The number of anilines is 1. The molecule has 1 aromatic heterocycles. The number of pyridine rings is 1. The van der Waals surface area contributed by atoms with Gasteiger partial charge in [0, 0.05) is 19.3 Å². The summed E-state index contributed by atoms with van der Waals surface area (Å²) in [7, 11) is 0. The maximum atomic E-state index is 12.1. The van der Waals surface area contributed by atoms with Crippen LogP contribution >= 0.6 is 0 Å². The molecule has 0 radical (unpaired) electrons. The zero-order chi connectivity index (χ0) is 16.2. The third-order valence-electron chi connectivity index (χ3n) is 3.42. The summed E-state index contributed by atoms with van der Waals surface area (Å²) in [5.41, 5.74) is 1.36. The summed E-state index contributed by atoms with van der Waals surface area (Å²) < 4.78 is 0. The summed E-state index contributed by atoms with van der Waals surface area (Å²) in [5, 5.41) is 5.21. The fourth-order valence-corrected chi connectivity index (χ4v) is 2.34. The number of hydrogen-bond donors (Lipinski definition) is 2. The lowest BCUT2D eigenvalue weighted by Gasteiger charge is -2.14. The molecule has 116 valence electrons. The van der Waals surface area contributed by atoms with Gasteiger partial charge in [0.2, 0.25) is 0 Å². The zero-order valence-electron chi connectivity index (χ0n) is 12.2. The van der Waals surface area contributed by atoms with E-state index in [1.807, 2.05) is 0 Å². The van der Waals surface area contributed by atoms with Gasteiger partial charge < -0.3 is 10.6 Å². The molecule has 2 N–H and O–H groups in total. The lowest BCUT2D eigenvalue weighted by molar-refractivity contribution is 0.0656. The van der Waals surface area contributed by atoms with Crippen molar-refractivity contribution in [2.75, 3.05) is 18.4 Å². The Morgan fingerprint density at radius 3 is 2.35 bits per heavy atom. The highest BCUT2D eigenvalue weighted by Crippen LogP contribution is 2.21. The first-order valence-electron chi connectivity index (χ1n) is 7.07. The Hall–Kier alpha value is -3.22. The Bertz CT molecular complexity index is 726. The molecule has 0 saturated carbocycles. The highest BCUT2D eigenvalue weighted by molar-refractivity contribution is 6.21. The average molecular weight is 310 g/mol. The second-order valence-electron chi connectivity index (χ2n) is 4.93. The number of amides is 4. The van der Waals surface area contributed by atoms with Crippen LogP contribution in [0.3, 0.4) is 0 Å². The molecule has 23 heavy (non-hydrogen) atoms. The average Bonchev–Trinajstić information content (AvgIpc) is 2.81. The van der Waals surface area contributed by atoms with Crippen LogP contribution in [-0.4, -0.2) is 40.8 Å². The molecule has 0 atom stereocenters. The van der Waals surface area contributed by atoms with Gasteiger partial charge in [0.1, 0.15) is 0 Å². The van der Waals surface area contributed by atoms with E-state index in [2.05, 4.69) is 15.6 Å². The van der Waals surface area contributed by atoms with Gasteiger partial charge in [0.25, 0.3) is 11.8 Å². The molecule has 0 saturated heterocycles. The number of carbonyl (C=O) groups excluding carboxylic acids is 3. The minimum Gasteiger partial charge on any atom is -0.336 e. The largest absolute Gasteiger partial charge is 0.336 e. The predicted molar refractivity (Wildman–Crippen MR) is 83.1 cm³/mol. The van der Waals surface area contributed by atoms with Gasteiger partial charge in [-0.05, 0) is 24.3 Å². The van der Waals surface area contributed by atoms with Gasteiger partial charge in [0.15, 0.2) is 0 Å². The monoisotopic (exact) mass is 310 g/mol. The minimum absolute atomic E-state index is 0.118. The molecule has 3 rings (SSSR count). The van der Waals surface area contributed by atoms with Crippen LogP contribution in [-0.2, 0) is 0 Å². The van der Waals surface area contributed by atoms with Crippen LogP contribution in [0.5, 0.6) is 0 Å². The summed E-state index contributed by atoms with van der Waals surface area (Å²) in [5.74, 6) is -0.667. The molecule has 7 heteroatoms. The predicted octanol–water partition coefficient (Wildman–Crippen LogP) is 1.50. The maximum Gasteiger partial charge on any atom is 0.319 e. The van der Waals surface area contributed by atoms with E-state index >= 15 is 0 Å². The molecular weight excluding hydrogens is 296 g/mol. The van der Waals surface area contributed by atoms with E-state index in [-0.39, 0.29) is 24.9 Å². The first kappa shape index (κ1) is 14.7. The molecular formula is C16H14N4O3. The molecule has 1 aliphatic heterocycles. The van der Waals surface area contributed by atoms with Crippen LogP contribution in [0.25, 0.3) is 0 Å². The van der Waals surface area contributed by atoms with E-state index in [4.69, 9.17) is 0 Å². The highest BCUT2D eigenvalue weighted by atomic mass is 16.2. The molecule has 0 unspecified atom stereocenters. The smallest absolute Gasteiger partial charge is 0.319 e. The third kappa shape index (κ3) is 3.03. The normalized spacial score (nSPS) is 13.0. The van der Waals surface area contributed by atoms with Crippen molar-refractivity contribution in [2.24, 2.45) is 0 Å². The number of hydrogen-bond acceptors (Lipinski definition) is 4. The van der Waals surface area contributed by atoms with Crippen molar-refractivity contribution in [3.05, 3.63) is 59.9 Å². The molecule has 0 aliphatic carbocycles. The van der Waals surface area contributed by atoms with E-state index in [9.17, 15) is 14.4 Å². The Balaban J connectivity index is 1.53.